The van der Waals surface area contributed by atoms with E-state index in [4.69, 9.17) is 23.2 Å². The third-order valence-corrected chi connectivity index (χ3v) is 4.97. The topological polar surface area (TPSA) is 12.0 Å². The van der Waals surface area contributed by atoms with Gasteiger partial charge >= 0.3 is 0 Å². The molecule has 1 aromatic carbocycles. The van der Waals surface area contributed by atoms with Gasteiger partial charge in [0, 0.05) is 12.0 Å². The van der Waals surface area contributed by atoms with Crippen LogP contribution in [0.5, 0.6) is 0 Å². The van der Waals surface area contributed by atoms with E-state index in [9.17, 15) is 4.39 Å². The largest absolute Gasteiger partial charge is 0.316 e. The van der Waals surface area contributed by atoms with Crippen molar-refractivity contribution in [2.45, 2.75) is 24.4 Å². The van der Waals surface area contributed by atoms with Gasteiger partial charge in [0.05, 0.1) is 10.0 Å². The Labute approximate surface area is 110 Å². The van der Waals surface area contributed by atoms with Gasteiger partial charge < -0.3 is 5.32 Å². The molecule has 0 aromatic heterocycles. The highest BCUT2D eigenvalue weighted by Crippen LogP contribution is 2.49. The predicted octanol–water partition coefficient (Wildman–Crippen LogP) is 3.58. The molecule has 0 bridgehead atoms. The molecule has 2 fully saturated rings. The van der Waals surface area contributed by atoms with Crippen LogP contribution in [-0.2, 0) is 5.41 Å². The molecule has 0 unspecified atom stereocenters. The third-order valence-electron chi connectivity index (χ3n) is 4.23. The SMILES string of the molecule is F[C@@H]1C[C@@H]2CNC[C@]2(c2ccc(Cl)c(Cl)c2)C1. The maximum absolute atomic E-state index is 13.7. The highest BCUT2D eigenvalue weighted by Gasteiger charge is 2.51. The molecule has 1 nitrogen and oxygen atoms in total. The second kappa shape index (κ2) is 4.11. The Morgan fingerprint density at radius 3 is 2.88 bits per heavy atom. The molecule has 4 heteroatoms. The summed E-state index contributed by atoms with van der Waals surface area (Å²) in [7, 11) is 0. The van der Waals surface area contributed by atoms with Crippen molar-refractivity contribution in [1.29, 1.82) is 0 Å². The van der Waals surface area contributed by atoms with Crippen molar-refractivity contribution in [1.82, 2.24) is 5.32 Å². The standard InChI is InChI=1S/C13H14Cl2FN/c14-11-2-1-8(4-12(11)15)13-5-10(16)3-9(13)6-17-7-13/h1-2,4,9-10,17H,3,5-7H2/t9-,10-,13+/m1/s1. The molecule has 2 aliphatic rings. The molecule has 1 saturated heterocycles. The Balaban J connectivity index is 2.04. The van der Waals surface area contributed by atoms with E-state index in [-0.39, 0.29) is 5.41 Å². The lowest BCUT2D eigenvalue weighted by Crippen LogP contribution is -2.31. The van der Waals surface area contributed by atoms with E-state index in [1.54, 1.807) is 0 Å². The first-order chi connectivity index (χ1) is 8.12. The van der Waals surface area contributed by atoms with Crippen molar-refractivity contribution >= 4 is 23.2 Å². The van der Waals surface area contributed by atoms with Crippen molar-refractivity contribution < 1.29 is 4.39 Å². The Morgan fingerprint density at radius 2 is 2.12 bits per heavy atom. The van der Waals surface area contributed by atoms with Gasteiger partial charge in [-0.25, -0.2) is 4.39 Å². The molecule has 3 atom stereocenters. The van der Waals surface area contributed by atoms with Gasteiger partial charge in [-0.2, -0.15) is 0 Å². The fraction of sp³-hybridized carbons (Fsp3) is 0.538. The lowest BCUT2D eigenvalue weighted by molar-refractivity contribution is 0.316. The van der Waals surface area contributed by atoms with Crippen LogP contribution in [0.3, 0.4) is 0 Å². The summed E-state index contributed by atoms with van der Waals surface area (Å²) in [6.07, 6.45) is 0.576. The van der Waals surface area contributed by atoms with Crippen LogP contribution in [0.4, 0.5) is 4.39 Å². The smallest absolute Gasteiger partial charge is 0.101 e. The van der Waals surface area contributed by atoms with Crippen molar-refractivity contribution in [3.8, 4) is 0 Å². The van der Waals surface area contributed by atoms with Crippen LogP contribution in [-0.4, -0.2) is 19.3 Å². The van der Waals surface area contributed by atoms with Gasteiger partial charge in [-0.1, -0.05) is 29.3 Å². The Bertz CT molecular complexity index is 451. The van der Waals surface area contributed by atoms with Crippen molar-refractivity contribution in [2.24, 2.45) is 5.92 Å². The fourth-order valence-corrected chi connectivity index (χ4v) is 3.70. The quantitative estimate of drug-likeness (QED) is 0.825. The van der Waals surface area contributed by atoms with Crippen LogP contribution < -0.4 is 5.32 Å². The van der Waals surface area contributed by atoms with E-state index in [0.29, 0.717) is 28.8 Å². The van der Waals surface area contributed by atoms with Crippen LogP contribution in [0.2, 0.25) is 10.0 Å². The summed E-state index contributed by atoms with van der Waals surface area (Å²) < 4.78 is 13.7. The van der Waals surface area contributed by atoms with E-state index < -0.39 is 6.17 Å². The van der Waals surface area contributed by atoms with E-state index in [1.807, 2.05) is 18.2 Å². The highest BCUT2D eigenvalue weighted by atomic mass is 35.5. The van der Waals surface area contributed by atoms with Crippen LogP contribution in [0.25, 0.3) is 0 Å². The maximum Gasteiger partial charge on any atom is 0.101 e. The minimum absolute atomic E-state index is 0.0757. The molecule has 92 valence electrons. The molecule has 17 heavy (non-hydrogen) atoms. The zero-order chi connectivity index (χ0) is 12.0. The second-order valence-corrected chi connectivity index (χ2v) is 5.96. The molecule has 1 saturated carbocycles. The van der Waals surface area contributed by atoms with Crippen molar-refractivity contribution in [3.05, 3.63) is 33.8 Å². The summed E-state index contributed by atoms with van der Waals surface area (Å²) >= 11 is 12.0. The maximum atomic E-state index is 13.7. The minimum atomic E-state index is -0.684. The molecule has 1 heterocycles. The highest BCUT2D eigenvalue weighted by molar-refractivity contribution is 6.42. The molecule has 0 amide bonds. The van der Waals surface area contributed by atoms with Crippen LogP contribution in [0, 0.1) is 5.92 Å². The summed E-state index contributed by atoms with van der Waals surface area (Å²) in [6.45, 7) is 1.75. The van der Waals surface area contributed by atoms with Crippen molar-refractivity contribution in [2.75, 3.05) is 13.1 Å². The summed E-state index contributed by atoms with van der Waals surface area (Å²) in [6, 6.07) is 5.71. The molecule has 0 radical (unpaired) electrons. The van der Waals surface area contributed by atoms with Crippen LogP contribution in [0.15, 0.2) is 18.2 Å². The van der Waals surface area contributed by atoms with Gasteiger partial charge in [-0.05, 0) is 43.0 Å². The Hall–Kier alpha value is -0.310. The normalized spacial score (nSPS) is 36.2. The second-order valence-electron chi connectivity index (χ2n) is 5.15. The van der Waals surface area contributed by atoms with E-state index >= 15 is 0 Å². The number of benzene rings is 1. The van der Waals surface area contributed by atoms with Gasteiger partial charge in [-0.3, -0.25) is 0 Å². The Morgan fingerprint density at radius 1 is 1.29 bits per heavy atom. The Kier molecular flexibility index (Phi) is 2.85. The number of rotatable bonds is 1. The van der Waals surface area contributed by atoms with E-state index in [0.717, 1.165) is 18.7 Å². The lowest BCUT2D eigenvalue weighted by Gasteiger charge is -2.29. The first-order valence-corrected chi connectivity index (χ1v) is 6.68. The first kappa shape index (κ1) is 11.8. The number of fused-ring (bicyclic) bond motifs is 1. The van der Waals surface area contributed by atoms with Crippen LogP contribution >= 0.6 is 23.2 Å². The molecular formula is C13H14Cl2FN. The minimum Gasteiger partial charge on any atom is -0.316 e. The number of hydrogen-bond acceptors (Lipinski definition) is 1. The van der Waals surface area contributed by atoms with Crippen molar-refractivity contribution in [3.63, 3.8) is 0 Å². The zero-order valence-electron chi connectivity index (χ0n) is 9.35. The van der Waals surface area contributed by atoms with E-state index in [1.165, 1.54) is 0 Å². The third kappa shape index (κ3) is 1.78. The number of alkyl halides is 1. The molecule has 0 spiro atoms. The van der Waals surface area contributed by atoms with Gasteiger partial charge in [0.2, 0.25) is 0 Å². The molecule has 1 N–H and O–H groups in total. The molecule has 1 aliphatic carbocycles. The van der Waals surface area contributed by atoms with Gasteiger partial charge in [0.25, 0.3) is 0 Å². The monoisotopic (exact) mass is 273 g/mol. The molecule has 1 aliphatic heterocycles. The molecule has 1 aromatic rings. The average molecular weight is 274 g/mol. The van der Waals surface area contributed by atoms with Gasteiger partial charge in [0.15, 0.2) is 0 Å². The summed E-state index contributed by atoms with van der Waals surface area (Å²) in [4.78, 5) is 0. The number of halogens is 3. The van der Waals surface area contributed by atoms with Crippen LogP contribution in [0.1, 0.15) is 18.4 Å². The van der Waals surface area contributed by atoms with Gasteiger partial charge in [-0.15, -0.1) is 0 Å². The fourth-order valence-electron chi connectivity index (χ4n) is 3.41. The molecular weight excluding hydrogens is 260 g/mol. The molecule has 3 rings (SSSR count). The van der Waals surface area contributed by atoms with Gasteiger partial charge in [0.1, 0.15) is 6.17 Å². The summed E-state index contributed by atoms with van der Waals surface area (Å²) in [5.74, 6) is 0.384. The number of nitrogens with one attached hydrogen (secondary N) is 1. The van der Waals surface area contributed by atoms with E-state index in [2.05, 4.69) is 5.32 Å². The predicted molar refractivity (Wildman–Crippen MR) is 68.6 cm³/mol. The zero-order valence-corrected chi connectivity index (χ0v) is 10.9. The summed E-state index contributed by atoms with van der Waals surface area (Å²) in [5.41, 5.74) is 1.05. The number of hydrogen-bond donors (Lipinski definition) is 1. The lowest BCUT2D eigenvalue weighted by atomic mass is 9.74. The average Bonchev–Trinajstić information content (AvgIpc) is 2.78. The summed E-state index contributed by atoms with van der Waals surface area (Å²) in [5, 5.41) is 4.50. The first-order valence-electron chi connectivity index (χ1n) is 5.92.